The number of ether oxygens (including phenoxy) is 1. The number of carboxylic acids is 1. The van der Waals surface area contributed by atoms with Crippen LogP contribution < -0.4 is 0 Å². The molecule has 122 valence electrons. The van der Waals surface area contributed by atoms with E-state index in [9.17, 15) is 9.59 Å². The second-order valence-corrected chi connectivity index (χ2v) is 6.03. The Morgan fingerprint density at radius 3 is 2.59 bits per heavy atom. The lowest BCUT2D eigenvalue weighted by Gasteiger charge is -2.42. The molecular weight excluding hydrogens is 286 g/mol. The molecule has 0 saturated heterocycles. The summed E-state index contributed by atoms with van der Waals surface area (Å²) in [6, 6.07) is 1.49. The molecule has 0 spiro atoms. The first-order valence-corrected chi connectivity index (χ1v) is 7.47. The van der Waals surface area contributed by atoms with Gasteiger partial charge in [-0.2, -0.15) is 0 Å². The fourth-order valence-corrected chi connectivity index (χ4v) is 3.02. The third kappa shape index (κ3) is 3.16. The second kappa shape index (κ2) is 6.52. The van der Waals surface area contributed by atoms with Gasteiger partial charge in [0.05, 0.1) is 12.0 Å². The maximum absolute atomic E-state index is 12.7. The van der Waals surface area contributed by atoms with Crippen molar-refractivity contribution >= 4 is 11.9 Å². The van der Waals surface area contributed by atoms with E-state index in [1.807, 2.05) is 0 Å². The fourth-order valence-electron chi connectivity index (χ4n) is 3.02. The maximum atomic E-state index is 12.7. The zero-order valence-corrected chi connectivity index (χ0v) is 13.3. The van der Waals surface area contributed by atoms with Gasteiger partial charge in [0.2, 0.25) is 5.91 Å². The van der Waals surface area contributed by atoms with Crippen molar-refractivity contribution in [2.24, 2.45) is 5.41 Å². The van der Waals surface area contributed by atoms with E-state index in [2.05, 4.69) is 0 Å². The summed E-state index contributed by atoms with van der Waals surface area (Å²) in [4.78, 5) is 25.4. The Morgan fingerprint density at radius 1 is 1.45 bits per heavy atom. The topological polar surface area (TPSA) is 80.0 Å². The Labute approximate surface area is 130 Å². The Kier molecular flexibility index (Phi) is 4.90. The van der Waals surface area contributed by atoms with Gasteiger partial charge in [-0.1, -0.05) is 6.42 Å². The van der Waals surface area contributed by atoms with Crippen LogP contribution in [0, 0.1) is 12.3 Å². The molecule has 1 fully saturated rings. The van der Waals surface area contributed by atoms with Crippen molar-refractivity contribution in [1.29, 1.82) is 0 Å². The van der Waals surface area contributed by atoms with Crippen LogP contribution in [0.1, 0.15) is 47.6 Å². The first kappa shape index (κ1) is 16.5. The highest BCUT2D eigenvalue weighted by atomic mass is 16.5. The molecule has 1 N–H and O–H groups in total. The van der Waals surface area contributed by atoms with Crippen molar-refractivity contribution < 1.29 is 23.8 Å². The number of carbonyl (C=O) groups excluding carboxylic acids is 1. The van der Waals surface area contributed by atoms with Crippen LogP contribution in [0.2, 0.25) is 0 Å². The molecule has 0 bridgehead atoms. The van der Waals surface area contributed by atoms with E-state index in [0.29, 0.717) is 18.1 Å². The standard InChI is InChI=1S/C16H23NO5/c1-11-13(14(18)19)9-12(22-11)10-17(2)15(20)16(5-4-6-16)7-8-21-3/h9H,4-8,10H2,1-3H3,(H,18,19). The predicted octanol–water partition coefficient (Wildman–Crippen LogP) is 2.45. The Bertz CT molecular complexity index is 559. The number of methoxy groups -OCH3 is 1. The number of amides is 1. The third-order valence-corrected chi connectivity index (χ3v) is 4.49. The summed E-state index contributed by atoms with van der Waals surface area (Å²) in [5, 5.41) is 9.04. The molecule has 0 aromatic carbocycles. The highest BCUT2D eigenvalue weighted by molar-refractivity contribution is 5.89. The van der Waals surface area contributed by atoms with Gasteiger partial charge in [-0.05, 0) is 32.3 Å². The molecule has 22 heavy (non-hydrogen) atoms. The van der Waals surface area contributed by atoms with Crippen molar-refractivity contribution in [3.05, 3.63) is 23.2 Å². The van der Waals surface area contributed by atoms with Crippen LogP contribution in [0.5, 0.6) is 0 Å². The van der Waals surface area contributed by atoms with E-state index in [1.165, 1.54) is 6.07 Å². The van der Waals surface area contributed by atoms with Crippen molar-refractivity contribution in [2.45, 2.75) is 39.2 Å². The molecule has 1 heterocycles. The van der Waals surface area contributed by atoms with Gasteiger partial charge in [0.15, 0.2) is 0 Å². The van der Waals surface area contributed by atoms with Crippen LogP contribution in [-0.2, 0) is 16.1 Å². The number of aromatic carboxylic acids is 1. The molecule has 1 aliphatic rings. The van der Waals surface area contributed by atoms with E-state index in [-0.39, 0.29) is 23.4 Å². The van der Waals surface area contributed by atoms with Crippen LogP contribution in [-0.4, -0.2) is 42.6 Å². The molecule has 0 atom stereocenters. The SMILES string of the molecule is COCCC1(C(=O)N(C)Cc2cc(C(=O)O)c(C)o2)CCC1. The minimum absolute atomic E-state index is 0.0849. The number of carboxylic acid groups (broad SMARTS) is 1. The summed E-state index contributed by atoms with van der Waals surface area (Å²) in [6.07, 6.45) is 3.56. The van der Waals surface area contributed by atoms with Crippen molar-refractivity contribution in [3.63, 3.8) is 0 Å². The first-order chi connectivity index (χ1) is 10.4. The molecule has 1 aromatic heterocycles. The summed E-state index contributed by atoms with van der Waals surface area (Å²) >= 11 is 0. The number of hydrogen-bond acceptors (Lipinski definition) is 4. The van der Waals surface area contributed by atoms with Crippen LogP contribution in [0.25, 0.3) is 0 Å². The predicted molar refractivity (Wildman–Crippen MR) is 79.7 cm³/mol. The van der Waals surface area contributed by atoms with Gasteiger partial charge >= 0.3 is 5.97 Å². The Hall–Kier alpha value is -1.82. The molecule has 1 aromatic rings. The number of rotatable bonds is 7. The number of aryl methyl sites for hydroxylation is 1. The first-order valence-electron chi connectivity index (χ1n) is 7.47. The molecule has 1 aliphatic carbocycles. The number of carbonyl (C=O) groups is 2. The van der Waals surface area contributed by atoms with Gasteiger partial charge < -0.3 is 19.2 Å². The molecule has 0 aliphatic heterocycles. The van der Waals surface area contributed by atoms with Crippen molar-refractivity contribution in [1.82, 2.24) is 4.90 Å². The maximum Gasteiger partial charge on any atom is 0.339 e. The van der Waals surface area contributed by atoms with Crippen molar-refractivity contribution in [2.75, 3.05) is 20.8 Å². The Balaban J connectivity index is 2.04. The monoisotopic (exact) mass is 309 g/mol. The van der Waals surface area contributed by atoms with E-state index in [4.69, 9.17) is 14.3 Å². The molecule has 6 heteroatoms. The van der Waals surface area contributed by atoms with Crippen LogP contribution in [0.4, 0.5) is 0 Å². The van der Waals surface area contributed by atoms with Gasteiger partial charge in [0.25, 0.3) is 0 Å². The van der Waals surface area contributed by atoms with E-state index in [1.54, 1.807) is 26.0 Å². The third-order valence-electron chi connectivity index (χ3n) is 4.49. The quantitative estimate of drug-likeness (QED) is 0.837. The van der Waals surface area contributed by atoms with Gasteiger partial charge in [0, 0.05) is 20.8 Å². The minimum Gasteiger partial charge on any atom is -0.478 e. The lowest BCUT2D eigenvalue weighted by molar-refractivity contribution is -0.148. The van der Waals surface area contributed by atoms with Crippen LogP contribution >= 0.6 is 0 Å². The van der Waals surface area contributed by atoms with E-state index < -0.39 is 5.97 Å². The van der Waals surface area contributed by atoms with Gasteiger partial charge in [-0.15, -0.1) is 0 Å². The van der Waals surface area contributed by atoms with E-state index in [0.717, 1.165) is 25.7 Å². The largest absolute Gasteiger partial charge is 0.478 e. The molecule has 0 radical (unpaired) electrons. The number of furan rings is 1. The van der Waals surface area contributed by atoms with Crippen molar-refractivity contribution in [3.8, 4) is 0 Å². The van der Waals surface area contributed by atoms with Gasteiger partial charge in [-0.25, -0.2) is 4.79 Å². The normalized spacial score (nSPS) is 16.1. The minimum atomic E-state index is -1.02. The van der Waals surface area contributed by atoms with E-state index >= 15 is 0 Å². The second-order valence-electron chi connectivity index (χ2n) is 6.03. The summed E-state index contributed by atoms with van der Waals surface area (Å²) in [7, 11) is 3.37. The zero-order chi connectivity index (χ0) is 16.3. The number of nitrogens with zero attached hydrogens (tertiary/aromatic N) is 1. The van der Waals surface area contributed by atoms with Gasteiger partial charge in [-0.3, -0.25) is 4.79 Å². The lowest BCUT2D eigenvalue weighted by atomic mass is 9.66. The smallest absolute Gasteiger partial charge is 0.339 e. The summed E-state index contributed by atoms with van der Waals surface area (Å²) < 4.78 is 10.6. The van der Waals surface area contributed by atoms with Crippen LogP contribution in [0.3, 0.4) is 0 Å². The molecule has 2 rings (SSSR count). The molecule has 1 saturated carbocycles. The highest BCUT2D eigenvalue weighted by Gasteiger charge is 2.45. The highest BCUT2D eigenvalue weighted by Crippen LogP contribution is 2.45. The number of hydrogen-bond donors (Lipinski definition) is 1. The average molecular weight is 309 g/mol. The molecular formula is C16H23NO5. The zero-order valence-electron chi connectivity index (χ0n) is 13.3. The van der Waals surface area contributed by atoms with Crippen LogP contribution in [0.15, 0.2) is 10.5 Å². The summed E-state index contributed by atoms with van der Waals surface area (Å²) in [5.41, 5.74) is -0.171. The Morgan fingerprint density at radius 2 is 2.14 bits per heavy atom. The summed E-state index contributed by atoms with van der Waals surface area (Å²) in [6.45, 7) is 2.46. The average Bonchev–Trinajstić information content (AvgIpc) is 2.78. The lowest BCUT2D eigenvalue weighted by Crippen LogP contribution is -2.46. The molecule has 0 unspecified atom stereocenters. The van der Waals surface area contributed by atoms with Gasteiger partial charge in [0.1, 0.15) is 17.1 Å². The molecule has 1 amide bonds. The fraction of sp³-hybridized carbons (Fsp3) is 0.625. The summed E-state index contributed by atoms with van der Waals surface area (Å²) in [5.74, 6) is -0.0770. The molecule has 6 nitrogen and oxygen atoms in total.